The zero-order chi connectivity index (χ0) is 20.7. The van der Waals surface area contributed by atoms with Gasteiger partial charge in [0.15, 0.2) is 5.17 Å². The second-order valence-electron chi connectivity index (χ2n) is 8.06. The number of para-hydroxylation sites is 1. The molecule has 0 bridgehead atoms. The second kappa shape index (κ2) is 8.16. The zero-order valence-electron chi connectivity index (χ0n) is 17.3. The highest BCUT2D eigenvalue weighted by atomic mass is 32.2. The molecule has 6 heteroatoms. The van der Waals surface area contributed by atoms with Crippen molar-refractivity contribution in [2.45, 2.75) is 50.0 Å². The maximum atomic E-state index is 13.7. The number of nitrogens with zero attached hydrogens (tertiary/aromatic N) is 3. The van der Waals surface area contributed by atoms with Crippen LogP contribution < -0.4 is 4.90 Å². The second-order valence-corrected chi connectivity index (χ2v) is 10.1. The average Bonchev–Trinajstić information content (AvgIpc) is 3.27. The van der Waals surface area contributed by atoms with Crippen molar-refractivity contribution < 1.29 is 4.79 Å². The fourth-order valence-corrected chi connectivity index (χ4v) is 6.69. The Hall–Kier alpha value is -2.18. The van der Waals surface area contributed by atoms with Crippen LogP contribution in [0.3, 0.4) is 0 Å². The first-order valence-corrected chi connectivity index (χ1v) is 12.2. The zero-order valence-corrected chi connectivity index (χ0v) is 18.9. The van der Waals surface area contributed by atoms with E-state index in [1.54, 1.807) is 11.8 Å². The molecule has 0 atom stereocenters. The number of hydrogen-bond acceptors (Lipinski definition) is 5. The highest BCUT2D eigenvalue weighted by Crippen LogP contribution is 2.50. The molecule has 2 aromatic rings. The molecule has 1 saturated heterocycles. The minimum atomic E-state index is 0.111. The van der Waals surface area contributed by atoms with E-state index < -0.39 is 0 Å². The predicted molar refractivity (Wildman–Crippen MR) is 127 cm³/mol. The molecule has 2 aromatic carbocycles. The number of carbonyl (C=O) groups is 1. The van der Waals surface area contributed by atoms with Crippen LogP contribution in [-0.4, -0.2) is 29.1 Å². The SMILES string of the molecule is Cc1ccc(N=C2SC(=C3Sc4ccccc4N3C)C(=O)N2C2CCCCC2)cc1. The number of aliphatic imine (C=N–C) groups is 1. The van der Waals surface area contributed by atoms with Crippen LogP contribution in [0.2, 0.25) is 0 Å². The fraction of sp³-hybridized carbons (Fsp3) is 0.333. The van der Waals surface area contributed by atoms with Gasteiger partial charge in [0.1, 0.15) is 4.91 Å². The van der Waals surface area contributed by atoms with Gasteiger partial charge in [-0.1, -0.05) is 60.9 Å². The van der Waals surface area contributed by atoms with E-state index in [4.69, 9.17) is 4.99 Å². The molecule has 4 nitrogen and oxygen atoms in total. The van der Waals surface area contributed by atoms with Crippen LogP contribution in [0, 0.1) is 6.92 Å². The van der Waals surface area contributed by atoms with E-state index in [0.29, 0.717) is 0 Å². The van der Waals surface area contributed by atoms with E-state index in [9.17, 15) is 4.79 Å². The molecule has 1 amide bonds. The first-order valence-electron chi connectivity index (χ1n) is 10.5. The van der Waals surface area contributed by atoms with E-state index in [2.05, 4.69) is 49.2 Å². The molecular weight excluding hydrogens is 410 g/mol. The summed E-state index contributed by atoms with van der Waals surface area (Å²) in [5, 5.41) is 1.84. The number of aryl methyl sites for hydroxylation is 1. The van der Waals surface area contributed by atoms with Gasteiger partial charge >= 0.3 is 0 Å². The number of amides is 1. The Labute approximate surface area is 186 Å². The van der Waals surface area contributed by atoms with E-state index in [0.717, 1.165) is 39.3 Å². The third kappa shape index (κ3) is 3.56. The normalized spacial score (nSPS) is 23.5. The minimum absolute atomic E-state index is 0.111. The number of amidine groups is 1. The molecule has 154 valence electrons. The number of rotatable bonds is 2. The Morgan fingerprint density at radius 1 is 0.967 bits per heavy atom. The van der Waals surface area contributed by atoms with Crippen LogP contribution in [0.5, 0.6) is 0 Å². The van der Waals surface area contributed by atoms with Gasteiger partial charge in [-0.2, -0.15) is 0 Å². The maximum Gasteiger partial charge on any atom is 0.269 e. The molecular formula is C24H25N3OS2. The molecule has 2 heterocycles. The monoisotopic (exact) mass is 435 g/mol. The number of fused-ring (bicyclic) bond motifs is 1. The van der Waals surface area contributed by atoms with Gasteiger partial charge in [0.05, 0.1) is 16.4 Å². The Kier molecular flexibility index (Phi) is 5.37. The molecule has 0 unspecified atom stereocenters. The van der Waals surface area contributed by atoms with Crippen LogP contribution in [-0.2, 0) is 4.79 Å². The third-order valence-electron chi connectivity index (χ3n) is 5.94. The Morgan fingerprint density at radius 3 is 2.43 bits per heavy atom. The van der Waals surface area contributed by atoms with Crippen LogP contribution in [0.1, 0.15) is 37.7 Å². The van der Waals surface area contributed by atoms with Gasteiger partial charge in [-0.05, 0) is 55.8 Å². The molecule has 0 radical (unpaired) electrons. The summed E-state index contributed by atoms with van der Waals surface area (Å²) in [4.78, 5) is 24.7. The van der Waals surface area contributed by atoms with Gasteiger partial charge in [0.2, 0.25) is 0 Å². The number of anilines is 1. The van der Waals surface area contributed by atoms with Gasteiger partial charge in [-0.3, -0.25) is 9.69 Å². The van der Waals surface area contributed by atoms with Gasteiger partial charge < -0.3 is 4.90 Å². The summed E-state index contributed by atoms with van der Waals surface area (Å²) in [7, 11) is 2.05. The lowest BCUT2D eigenvalue weighted by atomic mass is 9.94. The summed E-state index contributed by atoms with van der Waals surface area (Å²) in [6.45, 7) is 2.08. The van der Waals surface area contributed by atoms with Crippen LogP contribution in [0.25, 0.3) is 0 Å². The molecule has 2 aliphatic heterocycles. The Balaban J connectivity index is 1.55. The largest absolute Gasteiger partial charge is 0.337 e. The lowest BCUT2D eigenvalue weighted by molar-refractivity contribution is -0.124. The van der Waals surface area contributed by atoms with E-state index in [1.165, 1.54) is 41.5 Å². The lowest BCUT2D eigenvalue weighted by Gasteiger charge is -2.30. The summed E-state index contributed by atoms with van der Waals surface area (Å²) in [5.74, 6) is 0.111. The van der Waals surface area contributed by atoms with E-state index in [1.807, 2.05) is 23.1 Å². The molecule has 5 rings (SSSR count). The first kappa shape index (κ1) is 19.8. The van der Waals surface area contributed by atoms with Gasteiger partial charge in [-0.25, -0.2) is 4.99 Å². The van der Waals surface area contributed by atoms with Crippen molar-refractivity contribution in [1.29, 1.82) is 0 Å². The molecule has 1 aliphatic carbocycles. The standard InChI is InChI=1S/C24H25N3OS2/c1-16-12-14-17(15-13-16)25-24-27(18-8-4-3-5-9-18)22(28)21(30-24)23-26(2)19-10-6-7-11-20(19)29-23/h6-7,10-15,18H,3-5,8-9H2,1-2H3. The Bertz CT molecular complexity index is 1040. The molecule has 1 saturated carbocycles. The highest BCUT2D eigenvalue weighted by molar-refractivity contribution is 8.19. The number of carbonyl (C=O) groups excluding carboxylic acids is 1. The summed E-state index contributed by atoms with van der Waals surface area (Å²) < 4.78 is 0. The van der Waals surface area contributed by atoms with Crippen LogP contribution >= 0.6 is 23.5 Å². The highest BCUT2D eigenvalue weighted by Gasteiger charge is 2.42. The van der Waals surface area contributed by atoms with Crippen molar-refractivity contribution in [2.24, 2.45) is 4.99 Å². The van der Waals surface area contributed by atoms with Crippen molar-refractivity contribution in [1.82, 2.24) is 4.90 Å². The quantitative estimate of drug-likeness (QED) is 0.519. The summed E-state index contributed by atoms with van der Waals surface area (Å²) in [5.41, 5.74) is 3.27. The fourth-order valence-electron chi connectivity index (χ4n) is 4.28. The van der Waals surface area contributed by atoms with E-state index >= 15 is 0 Å². The Morgan fingerprint density at radius 2 is 1.70 bits per heavy atom. The van der Waals surface area contributed by atoms with Crippen molar-refractivity contribution in [3.8, 4) is 0 Å². The lowest BCUT2D eigenvalue weighted by Crippen LogP contribution is -2.40. The van der Waals surface area contributed by atoms with Crippen LogP contribution in [0.15, 0.2) is 68.4 Å². The smallest absolute Gasteiger partial charge is 0.269 e. The van der Waals surface area contributed by atoms with Crippen molar-refractivity contribution in [3.63, 3.8) is 0 Å². The topological polar surface area (TPSA) is 35.9 Å². The summed E-state index contributed by atoms with van der Waals surface area (Å²) in [6.07, 6.45) is 5.75. The summed E-state index contributed by atoms with van der Waals surface area (Å²) in [6, 6.07) is 16.8. The van der Waals surface area contributed by atoms with Crippen molar-refractivity contribution >= 4 is 46.0 Å². The molecule has 2 fully saturated rings. The van der Waals surface area contributed by atoms with Gasteiger partial charge in [0.25, 0.3) is 5.91 Å². The van der Waals surface area contributed by atoms with Crippen LogP contribution in [0.4, 0.5) is 11.4 Å². The summed E-state index contributed by atoms with van der Waals surface area (Å²) >= 11 is 3.22. The van der Waals surface area contributed by atoms with Gasteiger partial charge in [-0.15, -0.1) is 0 Å². The third-order valence-corrected chi connectivity index (χ3v) is 8.35. The predicted octanol–water partition coefficient (Wildman–Crippen LogP) is 6.30. The molecule has 0 N–H and O–H groups in total. The number of benzene rings is 2. The first-order chi connectivity index (χ1) is 14.6. The van der Waals surface area contributed by atoms with Gasteiger partial charge in [0, 0.05) is 18.0 Å². The molecule has 3 aliphatic rings. The number of thioether (sulfide) groups is 2. The molecule has 30 heavy (non-hydrogen) atoms. The van der Waals surface area contributed by atoms with E-state index in [-0.39, 0.29) is 11.9 Å². The maximum absolute atomic E-state index is 13.7. The van der Waals surface area contributed by atoms with Crippen molar-refractivity contribution in [3.05, 3.63) is 64.0 Å². The van der Waals surface area contributed by atoms with Crippen molar-refractivity contribution in [2.75, 3.05) is 11.9 Å². The number of hydrogen-bond donors (Lipinski definition) is 0. The minimum Gasteiger partial charge on any atom is -0.337 e. The average molecular weight is 436 g/mol. The molecule has 0 spiro atoms. The molecule has 0 aromatic heterocycles.